The minimum absolute atomic E-state index is 0.0451. The summed E-state index contributed by atoms with van der Waals surface area (Å²) in [5.74, 6) is -2.84. The molecule has 0 spiro atoms. The molecule has 1 saturated heterocycles. The van der Waals surface area contributed by atoms with Gasteiger partial charge in [0, 0.05) is 67.9 Å². The van der Waals surface area contributed by atoms with Crippen LogP contribution in [0.1, 0.15) is 48.1 Å². The van der Waals surface area contributed by atoms with Gasteiger partial charge in [-0.2, -0.15) is 5.26 Å². The van der Waals surface area contributed by atoms with Crippen LogP contribution in [0.4, 0.5) is 13.6 Å². The summed E-state index contributed by atoms with van der Waals surface area (Å²) < 4.78 is 32.1. The highest BCUT2D eigenvalue weighted by Gasteiger charge is 2.39. The Morgan fingerprint density at radius 2 is 1.98 bits per heavy atom. The third kappa shape index (κ3) is 3.87. The van der Waals surface area contributed by atoms with Crippen molar-refractivity contribution >= 4 is 39.5 Å². The van der Waals surface area contributed by atoms with E-state index >= 15 is 0 Å². The molecule has 0 unspecified atom stereocenters. The van der Waals surface area contributed by atoms with Gasteiger partial charge in [-0.25, -0.2) is 18.6 Å². The summed E-state index contributed by atoms with van der Waals surface area (Å²) in [6.45, 7) is 0.696. The number of amides is 2. The van der Waals surface area contributed by atoms with Crippen LogP contribution < -0.4 is 0 Å². The smallest absolute Gasteiger partial charge is 0.320 e. The molecule has 0 bridgehead atoms. The zero-order valence-electron chi connectivity index (χ0n) is 21.7. The number of alkyl halides is 2. The molecule has 7 rings (SSSR count). The van der Waals surface area contributed by atoms with Crippen molar-refractivity contribution < 1.29 is 18.4 Å². The van der Waals surface area contributed by atoms with Crippen LogP contribution in [-0.4, -0.2) is 61.1 Å². The summed E-state index contributed by atoms with van der Waals surface area (Å²) >= 11 is 0. The highest BCUT2D eigenvalue weighted by Crippen LogP contribution is 2.42. The van der Waals surface area contributed by atoms with E-state index in [1.165, 1.54) is 4.90 Å². The molecule has 1 aliphatic carbocycles. The number of nitriles is 1. The van der Waals surface area contributed by atoms with Crippen molar-refractivity contribution in [2.24, 2.45) is 0 Å². The number of fused-ring (bicyclic) bond motifs is 1. The number of Topliss-reactive ketones (excluding diaryl/α,β-unsaturated/α-hetero) is 1. The van der Waals surface area contributed by atoms with E-state index in [9.17, 15) is 23.6 Å². The normalized spacial score (nSPS) is 19.0. The van der Waals surface area contributed by atoms with Gasteiger partial charge in [0.15, 0.2) is 5.78 Å². The summed E-state index contributed by atoms with van der Waals surface area (Å²) in [5.41, 5.74) is 6.04. The number of halogens is 2. The number of hydrogen-bond acceptors (Lipinski definition) is 4. The average molecular weight is 541 g/mol. The number of hydrogen-bond donors (Lipinski definition) is 0. The van der Waals surface area contributed by atoms with Crippen LogP contribution in [-0.2, 0) is 17.9 Å². The van der Waals surface area contributed by atoms with Crippen LogP contribution in [0.25, 0.3) is 27.7 Å². The number of carbonyl (C=O) groups excluding carboxylic acids is 2. The zero-order valence-corrected chi connectivity index (χ0v) is 21.7. The lowest BCUT2D eigenvalue weighted by Gasteiger charge is -2.36. The standard InChI is InChI=1S/C30H26F2N6O2/c31-30(32)7-3-8-37(18-30)29(40)36-11-10-35-17-23(22-13-19(14-33)12-20(16-36)28(22)35)27-21(5-6-25(27)39)24-15-34-26-4-1-2-9-38(24)26/h1-2,4,9,12-13,15,17H,3,5-8,10-11,16,18H2. The number of urea groups is 1. The monoisotopic (exact) mass is 540 g/mol. The first-order valence-electron chi connectivity index (χ1n) is 13.5. The fourth-order valence-electron chi connectivity index (χ4n) is 6.48. The number of carbonyl (C=O) groups is 2. The number of rotatable bonds is 2. The number of likely N-dealkylation sites (tertiary alicyclic amines) is 1. The Kier molecular flexibility index (Phi) is 5.52. The van der Waals surface area contributed by atoms with Gasteiger partial charge in [-0.1, -0.05) is 6.07 Å². The molecular formula is C30H26F2N6O2. The lowest BCUT2D eigenvalue weighted by Crippen LogP contribution is -2.51. The summed E-state index contributed by atoms with van der Waals surface area (Å²) in [4.78, 5) is 34.0. The van der Waals surface area contributed by atoms with Crippen LogP contribution in [0.3, 0.4) is 0 Å². The molecule has 40 heavy (non-hydrogen) atoms. The molecule has 0 saturated carbocycles. The number of imidazole rings is 1. The SMILES string of the molecule is N#Cc1cc2c3c(c1)c(C1=C(c4cnc5ccccn45)CCC1=O)cn3CCN(C(=O)N1CCCC(F)(F)C1)C2. The molecule has 0 N–H and O–H groups in total. The van der Waals surface area contributed by atoms with E-state index in [-0.39, 0.29) is 25.2 Å². The first-order valence-corrected chi connectivity index (χ1v) is 13.5. The Hall–Kier alpha value is -4.52. The number of ketones is 1. The Bertz CT molecular complexity index is 1790. The molecule has 0 radical (unpaired) electrons. The number of aromatic nitrogens is 3. The number of allylic oxidation sites excluding steroid dienone is 2. The maximum atomic E-state index is 14.1. The van der Waals surface area contributed by atoms with Gasteiger partial charge in [0.25, 0.3) is 5.92 Å². The van der Waals surface area contributed by atoms with Crippen LogP contribution in [0.2, 0.25) is 0 Å². The van der Waals surface area contributed by atoms with Gasteiger partial charge in [0.05, 0.1) is 35.6 Å². The number of nitrogens with zero attached hydrogens (tertiary/aromatic N) is 6. The molecule has 2 amide bonds. The van der Waals surface area contributed by atoms with Crippen LogP contribution >= 0.6 is 0 Å². The van der Waals surface area contributed by atoms with Crippen molar-refractivity contribution in [3.05, 3.63) is 71.3 Å². The maximum absolute atomic E-state index is 14.1. The van der Waals surface area contributed by atoms with E-state index in [1.54, 1.807) is 23.2 Å². The second-order valence-electron chi connectivity index (χ2n) is 10.8. The van der Waals surface area contributed by atoms with Crippen molar-refractivity contribution in [3.63, 3.8) is 0 Å². The molecule has 202 valence electrons. The molecule has 4 aromatic rings. The van der Waals surface area contributed by atoms with E-state index in [1.807, 2.05) is 39.6 Å². The van der Waals surface area contributed by atoms with Gasteiger partial charge >= 0.3 is 6.03 Å². The highest BCUT2D eigenvalue weighted by molar-refractivity contribution is 6.33. The largest absolute Gasteiger partial charge is 0.345 e. The van der Waals surface area contributed by atoms with Gasteiger partial charge in [-0.05, 0) is 48.2 Å². The van der Waals surface area contributed by atoms with E-state index in [4.69, 9.17) is 0 Å². The molecule has 1 fully saturated rings. The predicted molar refractivity (Wildman–Crippen MR) is 144 cm³/mol. The highest BCUT2D eigenvalue weighted by atomic mass is 19.3. The molecule has 8 nitrogen and oxygen atoms in total. The third-order valence-corrected chi connectivity index (χ3v) is 8.26. The van der Waals surface area contributed by atoms with Crippen LogP contribution in [0.5, 0.6) is 0 Å². The van der Waals surface area contributed by atoms with Crippen molar-refractivity contribution in [2.75, 3.05) is 19.6 Å². The molecule has 1 aromatic carbocycles. The number of pyridine rings is 1. The Morgan fingerprint density at radius 1 is 1.10 bits per heavy atom. The first-order chi connectivity index (χ1) is 19.3. The zero-order chi connectivity index (χ0) is 27.6. The molecule has 3 aliphatic rings. The fourth-order valence-corrected chi connectivity index (χ4v) is 6.48. The van der Waals surface area contributed by atoms with Crippen molar-refractivity contribution in [3.8, 4) is 6.07 Å². The lowest BCUT2D eigenvalue weighted by atomic mass is 9.96. The van der Waals surface area contributed by atoms with Crippen LogP contribution in [0.15, 0.2) is 48.9 Å². The Balaban J connectivity index is 1.33. The molecule has 5 heterocycles. The molecule has 0 atom stereocenters. The van der Waals surface area contributed by atoms with Gasteiger partial charge < -0.3 is 14.4 Å². The van der Waals surface area contributed by atoms with E-state index in [2.05, 4.69) is 11.1 Å². The predicted octanol–water partition coefficient (Wildman–Crippen LogP) is 5.10. The second kappa shape index (κ2) is 9.01. The first kappa shape index (κ1) is 24.5. The van der Waals surface area contributed by atoms with Crippen molar-refractivity contribution in [1.29, 1.82) is 5.26 Å². The number of benzene rings is 1. The van der Waals surface area contributed by atoms with Gasteiger partial charge in [0.2, 0.25) is 0 Å². The number of piperidine rings is 1. The van der Waals surface area contributed by atoms with Gasteiger partial charge in [-0.15, -0.1) is 0 Å². The van der Waals surface area contributed by atoms with Gasteiger partial charge in [0.1, 0.15) is 5.65 Å². The molecular weight excluding hydrogens is 514 g/mol. The Labute approximate surface area is 228 Å². The fraction of sp³-hybridized carbons (Fsp3) is 0.333. The van der Waals surface area contributed by atoms with Crippen molar-refractivity contribution in [2.45, 2.75) is 44.7 Å². The average Bonchev–Trinajstić information content (AvgIpc) is 3.60. The topological polar surface area (TPSA) is 86.6 Å². The Morgan fingerprint density at radius 3 is 2.80 bits per heavy atom. The minimum atomic E-state index is -2.88. The summed E-state index contributed by atoms with van der Waals surface area (Å²) in [7, 11) is 0. The second-order valence-corrected chi connectivity index (χ2v) is 10.8. The van der Waals surface area contributed by atoms with Crippen LogP contribution in [0, 0.1) is 11.3 Å². The summed E-state index contributed by atoms with van der Waals surface area (Å²) in [6.07, 6.45) is 6.72. The van der Waals surface area contributed by atoms with Gasteiger partial charge in [-0.3, -0.25) is 9.20 Å². The maximum Gasteiger partial charge on any atom is 0.320 e. The minimum Gasteiger partial charge on any atom is -0.345 e. The van der Waals surface area contributed by atoms with E-state index in [0.717, 1.165) is 38.9 Å². The van der Waals surface area contributed by atoms with E-state index < -0.39 is 18.5 Å². The quantitative estimate of drug-likeness (QED) is 0.354. The van der Waals surface area contributed by atoms with Crippen molar-refractivity contribution in [1.82, 2.24) is 23.8 Å². The summed E-state index contributed by atoms with van der Waals surface area (Å²) in [5, 5.41) is 10.6. The third-order valence-electron chi connectivity index (χ3n) is 8.26. The molecule has 3 aromatic heterocycles. The molecule has 2 aliphatic heterocycles. The van der Waals surface area contributed by atoms with E-state index in [0.29, 0.717) is 43.6 Å². The summed E-state index contributed by atoms with van der Waals surface area (Å²) in [6, 6.07) is 11.1. The lowest BCUT2D eigenvalue weighted by molar-refractivity contribution is -0.113. The molecule has 10 heteroatoms.